The molecule has 0 spiro atoms. The molecule has 1 aromatic rings. The number of carbonyl (C=O) groups is 2. The van der Waals surface area contributed by atoms with E-state index in [1.807, 2.05) is 0 Å². The van der Waals surface area contributed by atoms with Gasteiger partial charge in [0.15, 0.2) is 11.5 Å². The van der Waals surface area contributed by atoms with E-state index in [0.29, 0.717) is 56.3 Å². The lowest BCUT2D eigenvalue weighted by Gasteiger charge is -2.30. The number of nitrogens with one attached hydrogen (secondary N) is 1. The SMILES string of the molecule is COc1ccc(NC(=O)C2(C(=O)N3CCOCC3)CC2)cc1OC. The van der Waals surface area contributed by atoms with E-state index in [9.17, 15) is 9.59 Å². The molecule has 7 heteroatoms. The van der Waals surface area contributed by atoms with Crippen LogP contribution in [0.4, 0.5) is 5.69 Å². The first-order valence-corrected chi connectivity index (χ1v) is 8.01. The highest BCUT2D eigenvalue weighted by molar-refractivity contribution is 6.13. The van der Waals surface area contributed by atoms with Gasteiger partial charge in [-0.05, 0) is 25.0 Å². The zero-order valence-corrected chi connectivity index (χ0v) is 14.0. The van der Waals surface area contributed by atoms with Gasteiger partial charge in [0.1, 0.15) is 5.41 Å². The first-order valence-electron chi connectivity index (χ1n) is 8.01. The van der Waals surface area contributed by atoms with Crippen LogP contribution in [0.5, 0.6) is 11.5 Å². The first-order chi connectivity index (χ1) is 11.6. The molecule has 2 fully saturated rings. The van der Waals surface area contributed by atoms with E-state index in [1.54, 1.807) is 30.2 Å². The number of nitrogens with zero attached hydrogens (tertiary/aromatic N) is 1. The Balaban J connectivity index is 1.71. The number of methoxy groups -OCH3 is 2. The zero-order chi connectivity index (χ0) is 17.2. The van der Waals surface area contributed by atoms with Crippen molar-refractivity contribution in [1.29, 1.82) is 0 Å². The average molecular weight is 334 g/mol. The number of benzene rings is 1. The molecular formula is C17H22N2O5. The third-order valence-electron chi connectivity index (χ3n) is 4.53. The Labute approximate surface area is 140 Å². The molecular weight excluding hydrogens is 312 g/mol. The summed E-state index contributed by atoms with van der Waals surface area (Å²) in [7, 11) is 3.09. The molecule has 0 atom stereocenters. The molecule has 0 aromatic heterocycles. The van der Waals surface area contributed by atoms with Gasteiger partial charge in [0.2, 0.25) is 11.8 Å². The number of ether oxygens (including phenoxy) is 3. The van der Waals surface area contributed by atoms with Crippen molar-refractivity contribution >= 4 is 17.5 Å². The van der Waals surface area contributed by atoms with Gasteiger partial charge in [-0.25, -0.2) is 0 Å². The van der Waals surface area contributed by atoms with E-state index in [4.69, 9.17) is 14.2 Å². The third kappa shape index (κ3) is 3.03. The number of amides is 2. The van der Waals surface area contributed by atoms with Gasteiger partial charge in [-0.3, -0.25) is 9.59 Å². The van der Waals surface area contributed by atoms with Crippen molar-refractivity contribution in [3.63, 3.8) is 0 Å². The fraction of sp³-hybridized carbons (Fsp3) is 0.529. The van der Waals surface area contributed by atoms with Gasteiger partial charge in [-0.15, -0.1) is 0 Å². The van der Waals surface area contributed by atoms with Gasteiger partial charge in [0, 0.05) is 24.8 Å². The molecule has 1 saturated heterocycles. The minimum absolute atomic E-state index is 0.0937. The number of hydrogen-bond acceptors (Lipinski definition) is 5. The maximum absolute atomic E-state index is 12.7. The Morgan fingerprint density at radius 2 is 1.79 bits per heavy atom. The Hall–Kier alpha value is -2.28. The number of carbonyl (C=O) groups excluding carboxylic acids is 2. The second-order valence-corrected chi connectivity index (χ2v) is 6.01. The summed E-state index contributed by atoms with van der Waals surface area (Å²) in [6.07, 6.45) is 1.17. The van der Waals surface area contributed by atoms with Crippen LogP contribution in [0.15, 0.2) is 18.2 Å². The Bertz CT molecular complexity index is 636. The van der Waals surface area contributed by atoms with Crippen LogP contribution >= 0.6 is 0 Å². The summed E-state index contributed by atoms with van der Waals surface area (Å²) in [6, 6.07) is 5.14. The van der Waals surface area contributed by atoms with E-state index >= 15 is 0 Å². The van der Waals surface area contributed by atoms with Gasteiger partial charge < -0.3 is 24.4 Å². The van der Waals surface area contributed by atoms with Crippen molar-refractivity contribution in [1.82, 2.24) is 4.90 Å². The van der Waals surface area contributed by atoms with Crippen molar-refractivity contribution in [2.45, 2.75) is 12.8 Å². The number of rotatable bonds is 5. The average Bonchev–Trinajstić information content (AvgIpc) is 3.43. The molecule has 2 aliphatic rings. The maximum Gasteiger partial charge on any atom is 0.240 e. The van der Waals surface area contributed by atoms with E-state index in [2.05, 4.69) is 5.32 Å². The Morgan fingerprint density at radius 1 is 1.12 bits per heavy atom. The van der Waals surface area contributed by atoms with Gasteiger partial charge in [-0.1, -0.05) is 0 Å². The molecule has 3 rings (SSSR count). The highest BCUT2D eigenvalue weighted by Gasteiger charge is 2.58. The fourth-order valence-corrected chi connectivity index (χ4v) is 2.90. The molecule has 0 bridgehead atoms. The second kappa shape index (κ2) is 6.68. The van der Waals surface area contributed by atoms with Crippen LogP contribution in [-0.4, -0.2) is 57.2 Å². The van der Waals surface area contributed by atoms with Gasteiger partial charge in [-0.2, -0.15) is 0 Å². The summed E-state index contributed by atoms with van der Waals surface area (Å²) >= 11 is 0. The lowest BCUT2D eigenvalue weighted by Crippen LogP contribution is -2.47. The molecule has 130 valence electrons. The molecule has 1 heterocycles. The molecule has 1 aliphatic heterocycles. The van der Waals surface area contributed by atoms with Crippen LogP contribution in [0.2, 0.25) is 0 Å². The normalized spacial score (nSPS) is 18.7. The van der Waals surface area contributed by atoms with E-state index in [0.717, 1.165) is 0 Å². The van der Waals surface area contributed by atoms with Crippen LogP contribution in [-0.2, 0) is 14.3 Å². The second-order valence-electron chi connectivity index (χ2n) is 6.01. The van der Waals surface area contributed by atoms with Crippen LogP contribution in [0.1, 0.15) is 12.8 Å². The predicted octanol–water partition coefficient (Wildman–Crippen LogP) is 1.28. The highest BCUT2D eigenvalue weighted by atomic mass is 16.5. The van der Waals surface area contributed by atoms with E-state index in [-0.39, 0.29) is 11.8 Å². The number of morpholine rings is 1. The number of anilines is 1. The first kappa shape index (κ1) is 16.6. The minimum Gasteiger partial charge on any atom is -0.493 e. The fourth-order valence-electron chi connectivity index (χ4n) is 2.90. The third-order valence-corrected chi connectivity index (χ3v) is 4.53. The molecule has 1 aliphatic carbocycles. The molecule has 1 N–H and O–H groups in total. The summed E-state index contributed by atoms with van der Waals surface area (Å²) in [5.41, 5.74) is -0.344. The van der Waals surface area contributed by atoms with Crippen molar-refractivity contribution in [3.8, 4) is 11.5 Å². The summed E-state index contributed by atoms with van der Waals surface area (Å²) < 4.78 is 15.7. The molecule has 7 nitrogen and oxygen atoms in total. The van der Waals surface area contributed by atoms with Crippen LogP contribution in [0.3, 0.4) is 0 Å². The molecule has 0 radical (unpaired) electrons. The van der Waals surface area contributed by atoms with Gasteiger partial charge in [0.05, 0.1) is 27.4 Å². The smallest absolute Gasteiger partial charge is 0.240 e. The standard InChI is InChI=1S/C17H22N2O5/c1-22-13-4-3-12(11-14(13)23-2)18-15(20)17(5-6-17)16(21)19-7-9-24-10-8-19/h3-4,11H,5-10H2,1-2H3,(H,18,20). The molecule has 1 aromatic carbocycles. The predicted molar refractivity (Wildman–Crippen MR) is 87.2 cm³/mol. The number of hydrogen-bond donors (Lipinski definition) is 1. The van der Waals surface area contributed by atoms with Gasteiger partial charge >= 0.3 is 0 Å². The maximum atomic E-state index is 12.7. The topological polar surface area (TPSA) is 77.1 Å². The highest BCUT2D eigenvalue weighted by Crippen LogP contribution is 2.48. The summed E-state index contributed by atoms with van der Waals surface area (Å²) in [5.74, 6) is 0.760. The van der Waals surface area contributed by atoms with Crippen LogP contribution in [0.25, 0.3) is 0 Å². The molecule has 24 heavy (non-hydrogen) atoms. The van der Waals surface area contributed by atoms with Gasteiger partial charge in [0.25, 0.3) is 0 Å². The van der Waals surface area contributed by atoms with Crippen molar-refractivity contribution in [2.24, 2.45) is 5.41 Å². The summed E-state index contributed by atoms with van der Waals surface area (Å²) in [5, 5.41) is 2.84. The van der Waals surface area contributed by atoms with E-state index < -0.39 is 5.41 Å². The largest absolute Gasteiger partial charge is 0.493 e. The Kier molecular flexibility index (Phi) is 4.62. The minimum atomic E-state index is -0.926. The van der Waals surface area contributed by atoms with E-state index in [1.165, 1.54) is 7.11 Å². The molecule has 1 saturated carbocycles. The quantitative estimate of drug-likeness (QED) is 0.821. The van der Waals surface area contributed by atoms with Crippen molar-refractivity contribution < 1.29 is 23.8 Å². The van der Waals surface area contributed by atoms with Crippen LogP contribution < -0.4 is 14.8 Å². The monoisotopic (exact) mass is 334 g/mol. The lowest BCUT2D eigenvalue weighted by molar-refractivity contribution is -0.145. The lowest BCUT2D eigenvalue weighted by atomic mass is 10.0. The van der Waals surface area contributed by atoms with Crippen molar-refractivity contribution in [3.05, 3.63) is 18.2 Å². The Morgan fingerprint density at radius 3 is 2.38 bits per heavy atom. The molecule has 2 amide bonds. The summed E-state index contributed by atoms with van der Waals surface area (Å²) in [4.78, 5) is 27.1. The summed E-state index contributed by atoms with van der Waals surface area (Å²) in [6.45, 7) is 2.15. The van der Waals surface area contributed by atoms with Crippen molar-refractivity contribution in [2.75, 3.05) is 45.8 Å². The van der Waals surface area contributed by atoms with Crippen LogP contribution in [0, 0.1) is 5.41 Å². The zero-order valence-electron chi connectivity index (χ0n) is 14.0. The molecule has 0 unspecified atom stereocenters.